The van der Waals surface area contributed by atoms with Gasteiger partial charge >= 0.3 is 0 Å². The van der Waals surface area contributed by atoms with Crippen LogP contribution in [0, 0.1) is 0 Å². The third kappa shape index (κ3) is 3.45. The Morgan fingerprint density at radius 2 is 2.36 bits per heavy atom. The minimum Gasteiger partial charge on any atom is -0.366 e. The highest BCUT2D eigenvalue weighted by atomic mass is 32.1. The second-order valence-electron chi connectivity index (χ2n) is 5.79. The van der Waals surface area contributed by atoms with Crippen molar-refractivity contribution in [3.05, 3.63) is 29.3 Å². The number of carbonyl (C=O) groups is 1. The molecule has 1 aromatic carbocycles. The normalized spacial score (nSPS) is 20.9. The highest BCUT2D eigenvalue weighted by Crippen LogP contribution is 2.26. The van der Waals surface area contributed by atoms with Crippen LogP contribution in [0.2, 0.25) is 0 Å². The number of aromatic nitrogens is 1. The van der Waals surface area contributed by atoms with Crippen LogP contribution in [0.1, 0.15) is 17.8 Å². The molecule has 3 rings (SSSR count). The Kier molecular flexibility index (Phi) is 4.71. The van der Waals surface area contributed by atoms with Crippen molar-refractivity contribution in [2.75, 3.05) is 33.3 Å². The van der Waals surface area contributed by atoms with Gasteiger partial charge in [-0.3, -0.25) is 4.79 Å². The van der Waals surface area contributed by atoms with Crippen molar-refractivity contribution in [3.8, 4) is 0 Å². The van der Waals surface area contributed by atoms with Crippen molar-refractivity contribution in [2.24, 2.45) is 0 Å². The average Bonchev–Trinajstić information content (AvgIpc) is 2.96. The first-order valence-corrected chi connectivity index (χ1v) is 8.38. The smallest absolute Gasteiger partial charge is 0.250 e. The van der Waals surface area contributed by atoms with E-state index in [-0.39, 0.29) is 17.9 Å². The van der Waals surface area contributed by atoms with Gasteiger partial charge in [0.25, 0.3) is 0 Å². The molecule has 1 aliphatic heterocycles. The van der Waals surface area contributed by atoms with E-state index in [1.165, 1.54) is 4.70 Å². The van der Waals surface area contributed by atoms with E-state index < -0.39 is 0 Å². The van der Waals surface area contributed by atoms with Crippen molar-refractivity contribution in [1.29, 1.82) is 0 Å². The molecule has 2 atom stereocenters. The molecule has 0 radical (unpaired) electrons. The summed E-state index contributed by atoms with van der Waals surface area (Å²) in [6, 6.07) is 8.11. The summed E-state index contributed by atoms with van der Waals surface area (Å²) in [7, 11) is 2.01. The molecule has 1 N–H and O–H groups in total. The molecule has 6 heteroatoms. The molecule has 0 aliphatic carbocycles. The van der Waals surface area contributed by atoms with Gasteiger partial charge in [-0.15, -0.1) is 11.3 Å². The topological polar surface area (TPSA) is 54.5 Å². The van der Waals surface area contributed by atoms with Crippen LogP contribution in [0.4, 0.5) is 0 Å². The Morgan fingerprint density at radius 3 is 3.14 bits per heavy atom. The molecule has 1 aromatic heterocycles. The van der Waals surface area contributed by atoms with E-state index in [9.17, 15) is 4.79 Å². The number of thiazole rings is 1. The molecule has 1 aliphatic rings. The summed E-state index contributed by atoms with van der Waals surface area (Å²) in [6.07, 6.45) is -0.360. The molecule has 5 nitrogen and oxygen atoms in total. The zero-order valence-electron chi connectivity index (χ0n) is 12.9. The van der Waals surface area contributed by atoms with E-state index in [1.807, 2.05) is 25.2 Å². The number of carbonyl (C=O) groups excluding carboxylic acids is 1. The van der Waals surface area contributed by atoms with Gasteiger partial charge in [-0.05, 0) is 19.2 Å². The number of likely N-dealkylation sites (N-methyl/N-ethyl adjacent to an activating group) is 1. The molecule has 2 aromatic rings. The van der Waals surface area contributed by atoms with Crippen molar-refractivity contribution < 1.29 is 9.53 Å². The number of hydrogen-bond donors (Lipinski definition) is 1. The van der Waals surface area contributed by atoms with Gasteiger partial charge in [-0.25, -0.2) is 4.98 Å². The van der Waals surface area contributed by atoms with E-state index in [4.69, 9.17) is 4.74 Å². The largest absolute Gasteiger partial charge is 0.366 e. The van der Waals surface area contributed by atoms with Crippen LogP contribution < -0.4 is 5.32 Å². The molecular weight excluding hydrogens is 298 g/mol. The molecule has 0 saturated carbocycles. The van der Waals surface area contributed by atoms with Crippen LogP contribution in [0.15, 0.2) is 24.3 Å². The Hall–Kier alpha value is -1.50. The Bertz CT molecular complexity index is 625. The first-order valence-electron chi connectivity index (χ1n) is 7.57. The predicted molar refractivity (Wildman–Crippen MR) is 88.3 cm³/mol. The van der Waals surface area contributed by atoms with Gasteiger partial charge in [0, 0.05) is 25.6 Å². The molecule has 0 spiro atoms. The second-order valence-corrected chi connectivity index (χ2v) is 6.85. The number of morpholine rings is 1. The number of amides is 1. The number of hydrogen-bond acceptors (Lipinski definition) is 5. The fourth-order valence-electron chi connectivity index (χ4n) is 2.49. The van der Waals surface area contributed by atoms with Crippen LogP contribution >= 0.6 is 11.3 Å². The average molecular weight is 319 g/mol. The van der Waals surface area contributed by atoms with Crippen LogP contribution in [-0.4, -0.2) is 55.2 Å². The molecular formula is C16H21N3O2S. The first-order chi connectivity index (χ1) is 10.6. The lowest BCUT2D eigenvalue weighted by Crippen LogP contribution is -2.48. The molecule has 2 heterocycles. The van der Waals surface area contributed by atoms with Gasteiger partial charge in [0.1, 0.15) is 6.10 Å². The molecule has 0 bridgehead atoms. The number of nitrogens with one attached hydrogen (secondary N) is 1. The number of rotatable bonds is 4. The molecule has 0 unspecified atom stereocenters. The van der Waals surface area contributed by atoms with E-state index in [2.05, 4.69) is 28.2 Å². The number of fused-ring (bicyclic) bond motifs is 1. The lowest BCUT2D eigenvalue weighted by Gasteiger charge is -2.29. The predicted octanol–water partition coefficient (Wildman–Crippen LogP) is 1.85. The third-order valence-electron chi connectivity index (χ3n) is 3.88. The zero-order valence-corrected chi connectivity index (χ0v) is 13.7. The van der Waals surface area contributed by atoms with Crippen LogP contribution in [0.25, 0.3) is 10.2 Å². The molecule has 1 saturated heterocycles. The third-order valence-corrected chi connectivity index (χ3v) is 5.14. The fourth-order valence-corrected chi connectivity index (χ4v) is 3.51. The van der Waals surface area contributed by atoms with Gasteiger partial charge in [0.2, 0.25) is 5.91 Å². The number of ether oxygens (including phenoxy) is 1. The van der Waals surface area contributed by atoms with Crippen molar-refractivity contribution in [2.45, 2.75) is 18.9 Å². The summed E-state index contributed by atoms with van der Waals surface area (Å²) in [5.74, 6) is 0.169. The summed E-state index contributed by atoms with van der Waals surface area (Å²) in [5, 5.41) is 4.05. The quantitative estimate of drug-likeness (QED) is 0.934. The van der Waals surface area contributed by atoms with Gasteiger partial charge in [0.05, 0.1) is 21.8 Å². The van der Waals surface area contributed by atoms with E-state index in [1.54, 1.807) is 11.3 Å². The minimum atomic E-state index is -0.360. The SMILES string of the molecule is C[C@@H](CNC(=O)[C@H]1CN(C)CCO1)c1nc2ccccc2s1. The first kappa shape index (κ1) is 15.4. The Morgan fingerprint density at radius 1 is 1.55 bits per heavy atom. The number of para-hydroxylation sites is 1. The van der Waals surface area contributed by atoms with Crippen molar-refractivity contribution >= 4 is 27.5 Å². The zero-order chi connectivity index (χ0) is 15.5. The van der Waals surface area contributed by atoms with Crippen LogP contribution in [0.3, 0.4) is 0 Å². The molecule has 22 heavy (non-hydrogen) atoms. The van der Waals surface area contributed by atoms with Gasteiger partial charge in [0.15, 0.2) is 0 Å². The minimum absolute atomic E-state index is 0.0282. The maximum absolute atomic E-state index is 12.2. The summed E-state index contributed by atoms with van der Waals surface area (Å²) < 4.78 is 6.72. The Balaban J connectivity index is 1.57. The van der Waals surface area contributed by atoms with Crippen LogP contribution in [0.5, 0.6) is 0 Å². The maximum Gasteiger partial charge on any atom is 0.250 e. The highest BCUT2D eigenvalue weighted by Gasteiger charge is 2.25. The van der Waals surface area contributed by atoms with Crippen molar-refractivity contribution in [1.82, 2.24) is 15.2 Å². The van der Waals surface area contributed by atoms with E-state index >= 15 is 0 Å². The summed E-state index contributed by atoms with van der Waals surface area (Å²) in [4.78, 5) is 18.9. The van der Waals surface area contributed by atoms with E-state index in [0.717, 1.165) is 17.1 Å². The van der Waals surface area contributed by atoms with Gasteiger partial charge in [-0.1, -0.05) is 19.1 Å². The highest BCUT2D eigenvalue weighted by molar-refractivity contribution is 7.18. The monoisotopic (exact) mass is 319 g/mol. The molecule has 1 amide bonds. The fraction of sp³-hybridized carbons (Fsp3) is 0.500. The van der Waals surface area contributed by atoms with Crippen LogP contribution in [-0.2, 0) is 9.53 Å². The molecule has 118 valence electrons. The van der Waals surface area contributed by atoms with Gasteiger partial charge in [-0.2, -0.15) is 0 Å². The maximum atomic E-state index is 12.2. The summed E-state index contributed by atoms with van der Waals surface area (Å²) in [6.45, 7) is 4.82. The Labute approximate surface area is 134 Å². The van der Waals surface area contributed by atoms with Gasteiger partial charge < -0.3 is 15.0 Å². The number of nitrogens with zero attached hydrogens (tertiary/aromatic N) is 2. The number of benzene rings is 1. The van der Waals surface area contributed by atoms with Crippen molar-refractivity contribution in [3.63, 3.8) is 0 Å². The summed E-state index contributed by atoms with van der Waals surface area (Å²) in [5.41, 5.74) is 1.03. The summed E-state index contributed by atoms with van der Waals surface area (Å²) >= 11 is 1.69. The second kappa shape index (κ2) is 6.73. The van der Waals surface area contributed by atoms with E-state index in [0.29, 0.717) is 19.7 Å². The molecule has 1 fully saturated rings. The lowest BCUT2D eigenvalue weighted by molar-refractivity contribution is -0.137. The lowest BCUT2D eigenvalue weighted by atomic mass is 10.2. The standard InChI is InChI=1S/C16H21N3O2S/c1-11(16-18-12-5-3-4-6-14(12)22-16)9-17-15(20)13-10-19(2)7-8-21-13/h3-6,11,13H,7-10H2,1-2H3,(H,17,20)/t11-,13+/m0/s1.